The quantitative estimate of drug-likeness (QED) is 0.161. The number of hydrogen-bond donors (Lipinski definition) is 0. The summed E-state index contributed by atoms with van der Waals surface area (Å²) >= 11 is 0. The van der Waals surface area contributed by atoms with Crippen LogP contribution in [0.25, 0.3) is 88.9 Å². The summed E-state index contributed by atoms with van der Waals surface area (Å²) in [5.41, 5.74) is 23.0. The molecule has 7 aromatic carbocycles. The fraction of sp³-hybridized carbons (Fsp3) is 0.303. The molecule has 0 unspecified atom stereocenters. The average molecular weight is 923 g/mol. The molecule has 0 amide bonds. The second-order valence-corrected chi connectivity index (χ2v) is 23.9. The van der Waals surface area contributed by atoms with Crippen LogP contribution in [-0.2, 0) is 10.8 Å². The zero-order valence-corrected chi connectivity index (χ0v) is 42.4. The number of benzene rings is 7. The first-order valence-electron chi connectivity index (χ1n) is 26.9. The first-order chi connectivity index (χ1) is 34.5. The third-order valence-corrected chi connectivity index (χ3v) is 17.4. The van der Waals surface area contributed by atoms with E-state index in [1.807, 2.05) is 0 Å². The van der Waals surface area contributed by atoms with E-state index in [0.717, 1.165) is 33.9 Å². The Kier molecular flexibility index (Phi) is 9.65. The molecule has 0 saturated heterocycles. The first kappa shape index (κ1) is 43.1. The van der Waals surface area contributed by atoms with Gasteiger partial charge in [-0.1, -0.05) is 165 Å². The van der Waals surface area contributed by atoms with Gasteiger partial charge in [-0.15, -0.1) is 0 Å². The first-order valence-corrected chi connectivity index (χ1v) is 26.9. The number of nitrogens with zero attached hydrogens (tertiary/aromatic N) is 4. The minimum Gasteiger partial charge on any atom is -0.310 e. The van der Waals surface area contributed by atoms with Crippen LogP contribution in [0.2, 0.25) is 0 Å². The Morgan fingerprint density at radius 3 is 1.30 bits per heavy atom. The molecular formula is C66H63BN4. The predicted octanol–water partition coefficient (Wildman–Crippen LogP) is 15.5. The van der Waals surface area contributed by atoms with Crippen molar-refractivity contribution in [3.63, 3.8) is 0 Å². The lowest BCUT2D eigenvalue weighted by molar-refractivity contribution is 0.444. The Hall–Kier alpha value is -6.72. The van der Waals surface area contributed by atoms with Gasteiger partial charge in [-0.25, -0.2) is 9.97 Å². The third-order valence-electron chi connectivity index (χ3n) is 17.4. The van der Waals surface area contributed by atoms with Crippen molar-refractivity contribution in [3.05, 3.63) is 162 Å². The summed E-state index contributed by atoms with van der Waals surface area (Å²) < 4.78 is 5.34. The summed E-state index contributed by atoms with van der Waals surface area (Å²) in [6.45, 7) is 14.2. The second kappa shape index (κ2) is 15.9. The second-order valence-electron chi connectivity index (χ2n) is 23.9. The SMILES string of the molecule is CC(C)(C)c1ccc2c(c1)c1cc(C3CCCCC3)cc3c1n2-c1cc(-c2nc(-c4ccccc4)cc(-c4ccccc4)n2)cc2c1B3c1cc(C3CCCCC3)cc3c4cc(C(C)(C)C)ccc4n-2c13. The third kappa shape index (κ3) is 6.78. The van der Waals surface area contributed by atoms with Gasteiger partial charge in [-0.2, -0.15) is 0 Å². The van der Waals surface area contributed by atoms with Gasteiger partial charge in [0.1, 0.15) is 0 Å². The molecule has 350 valence electrons. The van der Waals surface area contributed by atoms with Crippen LogP contribution < -0.4 is 16.4 Å². The van der Waals surface area contributed by atoms with Gasteiger partial charge in [0.2, 0.25) is 0 Å². The van der Waals surface area contributed by atoms with Gasteiger partial charge >= 0.3 is 0 Å². The van der Waals surface area contributed by atoms with Gasteiger partial charge < -0.3 is 9.13 Å². The van der Waals surface area contributed by atoms with Gasteiger partial charge in [-0.3, -0.25) is 0 Å². The predicted molar refractivity (Wildman–Crippen MR) is 301 cm³/mol. The normalized spacial score (nSPS) is 16.2. The van der Waals surface area contributed by atoms with Crippen LogP contribution in [0.5, 0.6) is 0 Å². The summed E-state index contributed by atoms with van der Waals surface area (Å²) in [7, 11) is 0. The lowest BCUT2D eigenvalue weighted by Crippen LogP contribution is -2.59. The molecule has 14 rings (SSSR count). The highest BCUT2D eigenvalue weighted by Crippen LogP contribution is 2.46. The molecule has 2 aliphatic heterocycles. The molecule has 2 fully saturated rings. The van der Waals surface area contributed by atoms with Gasteiger partial charge in [0.25, 0.3) is 6.71 Å². The molecule has 10 aromatic rings. The molecular weight excluding hydrogens is 860 g/mol. The van der Waals surface area contributed by atoms with E-state index in [0.29, 0.717) is 11.8 Å². The van der Waals surface area contributed by atoms with Gasteiger partial charge in [0.15, 0.2) is 5.82 Å². The maximum atomic E-state index is 5.52. The molecule has 4 nitrogen and oxygen atoms in total. The Morgan fingerprint density at radius 1 is 0.437 bits per heavy atom. The average Bonchev–Trinajstić information content (AvgIpc) is 3.91. The summed E-state index contributed by atoms with van der Waals surface area (Å²) in [4.78, 5) is 11.0. The largest absolute Gasteiger partial charge is 0.310 e. The van der Waals surface area contributed by atoms with Gasteiger partial charge in [0, 0.05) is 60.6 Å². The molecule has 71 heavy (non-hydrogen) atoms. The molecule has 2 saturated carbocycles. The molecule has 0 radical (unpaired) electrons. The number of fused-ring (bicyclic) bond motifs is 10. The van der Waals surface area contributed by atoms with Gasteiger partial charge in [-0.05, 0) is 142 Å². The highest BCUT2D eigenvalue weighted by atomic mass is 15.0. The van der Waals surface area contributed by atoms with Crippen LogP contribution in [-0.4, -0.2) is 25.8 Å². The standard InChI is InChI=1S/C66H63BN4/c1-65(2,3)47-27-29-57-49(37-47)51-31-44(40-19-11-7-12-20-40)33-53-62(51)70(57)59-35-46(64-68-55(42-23-15-9-16-24-42)39-56(69-64)43-25-17-10-18-26-43)36-60-61(59)67(53)54-34-45(41-21-13-8-14-22-41)32-52-50-38-48(66(4,5)6)28-30-58(50)71(60)63(52)54/h9-10,15-18,23-41H,7-8,11-14,19-22H2,1-6H3. The van der Waals surface area contributed by atoms with E-state index in [4.69, 9.17) is 9.97 Å². The van der Waals surface area contributed by atoms with Crippen molar-refractivity contribution in [1.82, 2.24) is 19.1 Å². The maximum absolute atomic E-state index is 5.52. The van der Waals surface area contributed by atoms with Crippen LogP contribution >= 0.6 is 0 Å². The molecule has 3 aromatic heterocycles. The van der Waals surface area contributed by atoms with E-state index < -0.39 is 0 Å². The van der Waals surface area contributed by atoms with E-state index in [2.05, 4.69) is 190 Å². The van der Waals surface area contributed by atoms with E-state index in [1.54, 1.807) is 0 Å². The minimum absolute atomic E-state index is 0.0104. The van der Waals surface area contributed by atoms with Crippen molar-refractivity contribution in [2.45, 2.75) is 128 Å². The fourth-order valence-corrected chi connectivity index (χ4v) is 13.6. The minimum atomic E-state index is 0.0104. The molecule has 0 atom stereocenters. The molecule has 0 spiro atoms. The zero-order chi connectivity index (χ0) is 47.9. The molecule has 0 bridgehead atoms. The summed E-state index contributed by atoms with van der Waals surface area (Å²) in [6.07, 6.45) is 13.0. The van der Waals surface area contributed by atoms with E-state index in [1.165, 1.54) is 158 Å². The van der Waals surface area contributed by atoms with Crippen molar-refractivity contribution >= 4 is 66.7 Å². The lowest BCUT2D eigenvalue weighted by atomic mass is 9.34. The lowest BCUT2D eigenvalue weighted by Gasteiger charge is -2.35. The van der Waals surface area contributed by atoms with Crippen LogP contribution in [0.1, 0.15) is 140 Å². The van der Waals surface area contributed by atoms with Crippen molar-refractivity contribution in [1.29, 1.82) is 0 Å². The smallest absolute Gasteiger partial charge is 0.252 e. The topological polar surface area (TPSA) is 35.6 Å². The van der Waals surface area contributed by atoms with E-state index in [-0.39, 0.29) is 17.5 Å². The Morgan fingerprint density at radius 2 is 0.873 bits per heavy atom. The molecule has 0 N–H and O–H groups in total. The molecule has 5 heteroatoms. The molecule has 5 heterocycles. The number of hydrogen-bond acceptors (Lipinski definition) is 2. The van der Waals surface area contributed by atoms with Crippen molar-refractivity contribution in [3.8, 4) is 45.3 Å². The van der Waals surface area contributed by atoms with Crippen molar-refractivity contribution < 1.29 is 0 Å². The van der Waals surface area contributed by atoms with Crippen LogP contribution in [0.4, 0.5) is 0 Å². The monoisotopic (exact) mass is 923 g/mol. The highest BCUT2D eigenvalue weighted by molar-refractivity contribution is 7.00. The van der Waals surface area contributed by atoms with Crippen LogP contribution in [0.3, 0.4) is 0 Å². The Balaban J connectivity index is 1.15. The Labute approximate surface area is 419 Å². The zero-order valence-electron chi connectivity index (χ0n) is 42.4. The maximum Gasteiger partial charge on any atom is 0.252 e. The van der Waals surface area contributed by atoms with Crippen LogP contribution in [0.15, 0.2) is 140 Å². The molecule has 2 aliphatic carbocycles. The van der Waals surface area contributed by atoms with Crippen LogP contribution in [0, 0.1) is 0 Å². The highest BCUT2D eigenvalue weighted by Gasteiger charge is 2.43. The number of aromatic nitrogens is 4. The number of rotatable bonds is 5. The summed E-state index contributed by atoms with van der Waals surface area (Å²) in [5, 5.41) is 5.52. The summed E-state index contributed by atoms with van der Waals surface area (Å²) in [5.74, 6) is 1.89. The summed E-state index contributed by atoms with van der Waals surface area (Å²) in [6, 6.07) is 53.8. The van der Waals surface area contributed by atoms with Crippen molar-refractivity contribution in [2.75, 3.05) is 0 Å². The van der Waals surface area contributed by atoms with Crippen molar-refractivity contribution in [2.24, 2.45) is 0 Å². The van der Waals surface area contributed by atoms with E-state index >= 15 is 0 Å². The van der Waals surface area contributed by atoms with E-state index in [9.17, 15) is 0 Å². The Bertz CT molecular complexity index is 3550. The van der Waals surface area contributed by atoms with Gasteiger partial charge in [0.05, 0.1) is 22.4 Å². The fourth-order valence-electron chi connectivity index (χ4n) is 13.6. The molecule has 4 aliphatic rings.